The van der Waals surface area contributed by atoms with E-state index in [1.165, 1.54) is 12.8 Å². The molecular formula is C33H45BrN2O4. The minimum atomic E-state index is -1.01. The van der Waals surface area contributed by atoms with E-state index < -0.39 is 16.6 Å². The molecule has 1 N–H and O–H groups in total. The molecule has 3 unspecified atom stereocenters. The summed E-state index contributed by atoms with van der Waals surface area (Å²) in [6.07, 6.45) is 4.28. The fourth-order valence-electron chi connectivity index (χ4n) is 6.89. The van der Waals surface area contributed by atoms with E-state index in [0.717, 1.165) is 52.3 Å². The van der Waals surface area contributed by atoms with Crippen molar-refractivity contribution in [2.24, 2.45) is 5.92 Å². The Bertz CT molecular complexity index is 1210. The molecule has 1 saturated carbocycles. The van der Waals surface area contributed by atoms with E-state index in [1.54, 1.807) is 0 Å². The average molecular weight is 614 g/mol. The lowest BCUT2D eigenvalue weighted by Crippen LogP contribution is -2.68. The van der Waals surface area contributed by atoms with Crippen LogP contribution >= 0.6 is 15.9 Å². The van der Waals surface area contributed by atoms with Crippen molar-refractivity contribution in [1.82, 2.24) is 9.80 Å². The fraction of sp³-hybridized carbons (Fsp3) is 0.606. The van der Waals surface area contributed by atoms with Crippen molar-refractivity contribution in [2.45, 2.75) is 96.0 Å². The Labute approximate surface area is 248 Å². The fourth-order valence-corrected chi connectivity index (χ4v) is 7.46. The van der Waals surface area contributed by atoms with Gasteiger partial charge in [0.1, 0.15) is 18.0 Å². The van der Waals surface area contributed by atoms with Gasteiger partial charge in [-0.15, -0.1) is 0 Å². The molecule has 3 atom stereocenters. The van der Waals surface area contributed by atoms with E-state index in [9.17, 15) is 9.90 Å². The van der Waals surface area contributed by atoms with Gasteiger partial charge in [-0.2, -0.15) is 0 Å². The molecule has 2 aliphatic heterocycles. The molecular weight excluding hydrogens is 568 g/mol. The minimum Gasteiger partial charge on any atom is -0.488 e. The van der Waals surface area contributed by atoms with Gasteiger partial charge in [0.2, 0.25) is 0 Å². The first-order valence-corrected chi connectivity index (χ1v) is 15.6. The maximum atomic E-state index is 13.2. The third kappa shape index (κ3) is 5.93. The third-order valence-electron chi connectivity index (χ3n) is 9.34. The first-order valence-electron chi connectivity index (χ1n) is 14.8. The van der Waals surface area contributed by atoms with Gasteiger partial charge in [0.25, 0.3) is 0 Å². The molecule has 2 heterocycles. The van der Waals surface area contributed by atoms with Crippen LogP contribution in [0, 0.1) is 12.8 Å². The van der Waals surface area contributed by atoms with Crippen molar-refractivity contribution < 1.29 is 19.4 Å². The molecule has 218 valence electrons. The van der Waals surface area contributed by atoms with Gasteiger partial charge in [0.15, 0.2) is 0 Å². The van der Waals surface area contributed by atoms with Gasteiger partial charge in [-0.1, -0.05) is 30.3 Å². The highest BCUT2D eigenvalue weighted by Crippen LogP contribution is 2.53. The quantitative estimate of drug-likeness (QED) is 0.387. The number of carbonyl (C=O) groups is 1. The van der Waals surface area contributed by atoms with Crippen molar-refractivity contribution in [1.29, 1.82) is 0 Å². The van der Waals surface area contributed by atoms with Crippen LogP contribution in [-0.2, 0) is 16.8 Å². The lowest BCUT2D eigenvalue weighted by molar-refractivity contribution is -0.136. The van der Waals surface area contributed by atoms with E-state index >= 15 is 0 Å². The van der Waals surface area contributed by atoms with Gasteiger partial charge in [0, 0.05) is 31.1 Å². The number of aryl methyl sites for hydroxylation is 1. The number of hydrogen-bond donors (Lipinski definition) is 1. The zero-order valence-corrected chi connectivity index (χ0v) is 26.3. The number of amides is 1. The monoisotopic (exact) mass is 612 g/mol. The Morgan fingerprint density at radius 1 is 1.07 bits per heavy atom. The maximum absolute atomic E-state index is 13.2. The summed E-state index contributed by atoms with van der Waals surface area (Å²) in [6.45, 7) is 13.5. The van der Waals surface area contributed by atoms with Crippen LogP contribution in [0.15, 0.2) is 46.9 Å². The van der Waals surface area contributed by atoms with Gasteiger partial charge in [-0.05, 0) is 124 Å². The second-order valence-corrected chi connectivity index (χ2v) is 14.1. The first kappa shape index (κ1) is 29.4. The number of likely N-dealkylation sites (tertiary alicyclic amines) is 2. The largest absolute Gasteiger partial charge is 0.488 e. The molecule has 0 radical (unpaired) electrons. The number of ether oxygens (including phenoxy) is 2. The second-order valence-electron chi connectivity index (χ2n) is 13.2. The number of halogens is 1. The number of piperidine rings is 1. The topological polar surface area (TPSA) is 62.2 Å². The van der Waals surface area contributed by atoms with Crippen molar-refractivity contribution >= 4 is 22.0 Å². The molecule has 1 aliphatic carbocycles. The normalized spacial score (nSPS) is 27.6. The number of nitrogens with zero attached hydrogens (tertiary/aromatic N) is 2. The summed E-state index contributed by atoms with van der Waals surface area (Å²) in [4.78, 5) is 17.5. The van der Waals surface area contributed by atoms with Crippen LogP contribution in [0.3, 0.4) is 0 Å². The Balaban J connectivity index is 1.51. The molecule has 5 rings (SSSR count). The molecule has 0 bridgehead atoms. The molecule has 3 aliphatic rings. The summed E-state index contributed by atoms with van der Waals surface area (Å²) in [5.74, 6) is 1.53. The SMILES string of the molecule is Cc1cc(Br)c(OCc2ccccc2)cc1C12CCN(C(=O)OC(C)(C)C)CCC1(O)C(C)N(CC1CC1)CC2. The highest BCUT2D eigenvalue weighted by molar-refractivity contribution is 9.10. The molecule has 40 heavy (non-hydrogen) atoms. The summed E-state index contributed by atoms with van der Waals surface area (Å²) < 4.78 is 13.0. The summed E-state index contributed by atoms with van der Waals surface area (Å²) in [5.41, 5.74) is 1.28. The zero-order valence-electron chi connectivity index (χ0n) is 24.7. The van der Waals surface area contributed by atoms with Crippen LogP contribution in [0.5, 0.6) is 5.75 Å². The van der Waals surface area contributed by atoms with E-state index in [2.05, 4.69) is 58.9 Å². The number of rotatable bonds is 6. The number of fused-ring (bicyclic) bond motifs is 1. The first-order chi connectivity index (χ1) is 18.9. The standard InChI is InChI=1S/C33H45BrN2O4/c1-23-19-28(34)29(39-22-26-9-7-6-8-10-26)20-27(23)32-13-16-35(30(37)40-31(3,4)5)18-15-33(32,38)24(2)36(17-14-32)21-25-11-12-25/h6-10,19-20,24-25,38H,11-18,21-22H2,1-5H3. The lowest BCUT2D eigenvalue weighted by Gasteiger charge is -2.58. The molecule has 0 spiro atoms. The Morgan fingerprint density at radius 2 is 1.75 bits per heavy atom. The van der Waals surface area contributed by atoms with Crippen LogP contribution in [0.4, 0.5) is 4.79 Å². The van der Waals surface area contributed by atoms with Crippen LogP contribution in [0.1, 0.15) is 76.5 Å². The van der Waals surface area contributed by atoms with Crippen molar-refractivity contribution in [3.8, 4) is 5.75 Å². The maximum Gasteiger partial charge on any atom is 0.410 e. The summed E-state index contributed by atoms with van der Waals surface area (Å²) >= 11 is 3.74. The van der Waals surface area contributed by atoms with Gasteiger partial charge in [-0.3, -0.25) is 4.90 Å². The van der Waals surface area contributed by atoms with E-state index in [4.69, 9.17) is 9.47 Å². The molecule has 1 amide bonds. The predicted octanol–water partition coefficient (Wildman–Crippen LogP) is 6.84. The van der Waals surface area contributed by atoms with E-state index in [1.807, 2.05) is 43.9 Å². The third-order valence-corrected chi connectivity index (χ3v) is 9.96. The van der Waals surface area contributed by atoms with Gasteiger partial charge in [0.05, 0.1) is 10.1 Å². The minimum absolute atomic E-state index is 0.0304. The Hall–Kier alpha value is -2.09. The summed E-state index contributed by atoms with van der Waals surface area (Å²) in [6, 6.07) is 14.4. The number of aliphatic hydroxyl groups is 1. The predicted molar refractivity (Wildman–Crippen MR) is 162 cm³/mol. The highest BCUT2D eigenvalue weighted by Gasteiger charge is 2.60. The van der Waals surface area contributed by atoms with Gasteiger partial charge in [-0.25, -0.2) is 4.79 Å². The second kappa shape index (κ2) is 11.3. The Morgan fingerprint density at radius 3 is 2.42 bits per heavy atom. The molecule has 6 nitrogen and oxygen atoms in total. The lowest BCUT2D eigenvalue weighted by atomic mass is 9.57. The molecule has 2 aromatic rings. The van der Waals surface area contributed by atoms with Gasteiger partial charge < -0.3 is 19.5 Å². The van der Waals surface area contributed by atoms with Gasteiger partial charge >= 0.3 is 6.09 Å². The van der Waals surface area contributed by atoms with Crippen LogP contribution in [0.25, 0.3) is 0 Å². The summed E-state index contributed by atoms with van der Waals surface area (Å²) in [7, 11) is 0. The van der Waals surface area contributed by atoms with E-state index in [-0.39, 0.29) is 12.1 Å². The van der Waals surface area contributed by atoms with Crippen molar-refractivity contribution in [2.75, 3.05) is 26.2 Å². The van der Waals surface area contributed by atoms with Crippen molar-refractivity contribution in [3.05, 3.63) is 63.6 Å². The molecule has 0 aromatic heterocycles. The van der Waals surface area contributed by atoms with Crippen molar-refractivity contribution in [3.63, 3.8) is 0 Å². The smallest absolute Gasteiger partial charge is 0.410 e. The number of benzene rings is 2. The molecule has 3 fully saturated rings. The van der Waals surface area contributed by atoms with Crippen LogP contribution in [0.2, 0.25) is 0 Å². The number of carbonyl (C=O) groups excluding carboxylic acids is 1. The highest BCUT2D eigenvalue weighted by atomic mass is 79.9. The zero-order chi connectivity index (χ0) is 28.7. The number of hydrogen-bond acceptors (Lipinski definition) is 5. The summed E-state index contributed by atoms with van der Waals surface area (Å²) in [5, 5.41) is 12.9. The van der Waals surface area contributed by atoms with E-state index in [0.29, 0.717) is 32.5 Å². The average Bonchev–Trinajstić information content (AvgIpc) is 3.73. The molecule has 2 aromatic carbocycles. The van der Waals surface area contributed by atoms with Crippen LogP contribution in [-0.4, -0.2) is 64.4 Å². The molecule has 7 heteroatoms. The van der Waals surface area contributed by atoms with Crippen LogP contribution < -0.4 is 4.74 Å². The Kier molecular flexibility index (Phi) is 8.30. The molecule has 2 saturated heterocycles.